The van der Waals surface area contributed by atoms with E-state index in [9.17, 15) is 0 Å². The Balaban J connectivity index is 2.28. The van der Waals surface area contributed by atoms with Crippen LogP contribution in [0.3, 0.4) is 0 Å². The fourth-order valence-electron chi connectivity index (χ4n) is 1.48. The lowest BCUT2D eigenvalue weighted by molar-refractivity contribution is 1.65. The van der Waals surface area contributed by atoms with Gasteiger partial charge >= 0.3 is 0 Å². The van der Waals surface area contributed by atoms with E-state index in [4.69, 9.17) is 6.57 Å². The molecule has 0 fully saturated rings. The van der Waals surface area contributed by atoms with E-state index in [1.807, 2.05) is 66.7 Å². The third kappa shape index (κ3) is 2.37. The Kier molecular flexibility index (Phi) is 3.15. The molecule has 0 bridgehead atoms. The van der Waals surface area contributed by atoms with Crippen LogP contribution in [0.5, 0.6) is 0 Å². The first-order valence-corrected chi connectivity index (χ1v) is 5.10. The van der Waals surface area contributed by atoms with Crippen molar-refractivity contribution in [1.82, 2.24) is 0 Å². The van der Waals surface area contributed by atoms with Gasteiger partial charge in [-0.25, -0.2) is 4.85 Å². The molecule has 76 valence electrons. The molecule has 0 N–H and O–H groups in total. The molecular formula is C15H11N. The SMILES string of the molecule is [C-]#[N+]c1ccccc1/C=C/c1ccccc1. The van der Waals surface area contributed by atoms with Crippen LogP contribution in [0.4, 0.5) is 5.69 Å². The lowest BCUT2D eigenvalue weighted by atomic mass is 10.1. The van der Waals surface area contributed by atoms with Gasteiger partial charge in [0.25, 0.3) is 0 Å². The van der Waals surface area contributed by atoms with Crippen molar-refractivity contribution in [1.29, 1.82) is 0 Å². The van der Waals surface area contributed by atoms with Gasteiger partial charge in [0.15, 0.2) is 5.69 Å². The second kappa shape index (κ2) is 4.95. The molecule has 0 aliphatic heterocycles. The Bertz CT molecular complexity index is 533. The van der Waals surface area contributed by atoms with Gasteiger partial charge in [-0.05, 0) is 11.1 Å². The molecular weight excluding hydrogens is 194 g/mol. The lowest BCUT2D eigenvalue weighted by Crippen LogP contribution is -1.72. The van der Waals surface area contributed by atoms with E-state index in [2.05, 4.69) is 4.85 Å². The highest BCUT2D eigenvalue weighted by molar-refractivity contribution is 5.76. The summed E-state index contributed by atoms with van der Waals surface area (Å²) in [5.74, 6) is 0. The predicted molar refractivity (Wildman–Crippen MR) is 68.1 cm³/mol. The standard InChI is InChI=1S/C15H11N/c1-16-15-10-6-5-9-14(15)12-11-13-7-3-2-4-8-13/h2-12H/b12-11+. The first kappa shape index (κ1) is 10.2. The summed E-state index contributed by atoms with van der Waals surface area (Å²) in [6.07, 6.45) is 3.99. The first-order chi connectivity index (χ1) is 7.90. The number of nitrogens with zero attached hydrogens (tertiary/aromatic N) is 1. The van der Waals surface area contributed by atoms with Crippen LogP contribution in [-0.2, 0) is 0 Å². The Morgan fingerprint density at radius 1 is 0.812 bits per heavy atom. The van der Waals surface area contributed by atoms with Crippen molar-refractivity contribution in [2.75, 3.05) is 0 Å². The van der Waals surface area contributed by atoms with Crippen molar-refractivity contribution >= 4 is 17.8 Å². The molecule has 2 aromatic rings. The molecule has 2 aromatic carbocycles. The van der Waals surface area contributed by atoms with Crippen molar-refractivity contribution < 1.29 is 0 Å². The molecule has 1 nitrogen and oxygen atoms in total. The van der Waals surface area contributed by atoms with E-state index >= 15 is 0 Å². The summed E-state index contributed by atoms with van der Waals surface area (Å²) in [5, 5.41) is 0. The van der Waals surface area contributed by atoms with Gasteiger partial charge in [-0.3, -0.25) is 0 Å². The summed E-state index contributed by atoms with van der Waals surface area (Å²) in [4.78, 5) is 3.48. The van der Waals surface area contributed by atoms with Gasteiger partial charge in [0, 0.05) is 0 Å². The highest BCUT2D eigenvalue weighted by atomic mass is 14.6. The quantitative estimate of drug-likeness (QED) is 0.505. The van der Waals surface area contributed by atoms with Gasteiger partial charge in [0.1, 0.15) is 0 Å². The second-order valence-electron chi connectivity index (χ2n) is 3.41. The van der Waals surface area contributed by atoms with E-state index in [0.717, 1.165) is 11.1 Å². The Morgan fingerprint density at radius 2 is 1.50 bits per heavy atom. The van der Waals surface area contributed by atoms with Crippen LogP contribution >= 0.6 is 0 Å². The summed E-state index contributed by atoms with van der Waals surface area (Å²) in [7, 11) is 0. The molecule has 0 amide bonds. The normalized spacial score (nSPS) is 10.2. The van der Waals surface area contributed by atoms with E-state index < -0.39 is 0 Å². The van der Waals surface area contributed by atoms with Gasteiger partial charge in [-0.2, -0.15) is 0 Å². The number of hydrogen-bond donors (Lipinski definition) is 0. The number of hydrogen-bond acceptors (Lipinski definition) is 0. The molecule has 0 spiro atoms. The van der Waals surface area contributed by atoms with E-state index in [1.165, 1.54) is 0 Å². The predicted octanol–water partition coefficient (Wildman–Crippen LogP) is 4.41. The fraction of sp³-hybridized carbons (Fsp3) is 0. The molecule has 0 aromatic heterocycles. The molecule has 0 saturated heterocycles. The Hall–Kier alpha value is -2.33. The van der Waals surface area contributed by atoms with Crippen LogP contribution in [0.1, 0.15) is 11.1 Å². The Morgan fingerprint density at radius 3 is 2.25 bits per heavy atom. The van der Waals surface area contributed by atoms with Crippen molar-refractivity contribution in [2.24, 2.45) is 0 Å². The zero-order chi connectivity index (χ0) is 11.2. The molecule has 0 aliphatic carbocycles. The first-order valence-electron chi connectivity index (χ1n) is 5.10. The largest absolute Gasteiger partial charge is 0.238 e. The summed E-state index contributed by atoms with van der Waals surface area (Å²) in [6.45, 7) is 7.06. The van der Waals surface area contributed by atoms with Crippen LogP contribution in [0.2, 0.25) is 0 Å². The maximum Gasteiger partial charge on any atom is 0.194 e. The highest BCUT2D eigenvalue weighted by Crippen LogP contribution is 2.20. The maximum absolute atomic E-state index is 7.06. The molecule has 0 heterocycles. The van der Waals surface area contributed by atoms with E-state index in [0.29, 0.717) is 5.69 Å². The third-order valence-corrected chi connectivity index (χ3v) is 2.31. The monoisotopic (exact) mass is 205 g/mol. The molecule has 16 heavy (non-hydrogen) atoms. The van der Waals surface area contributed by atoms with Crippen LogP contribution in [0.25, 0.3) is 17.0 Å². The average Bonchev–Trinajstić information content (AvgIpc) is 2.38. The summed E-state index contributed by atoms with van der Waals surface area (Å²) in [5.41, 5.74) is 2.79. The minimum atomic E-state index is 0.690. The summed E-state index contributed by atoms with van der Waals surface area (Å²) < 4.78 is 0. The highest BCUT2D eigenvalue weighted by Gasteiger charge is 1.95. The van der Waals surface area contributed by atoms with Gasteiger partial charge < -0.3 is 0 Å². The zero-order valence-electron chi connectivity index (χ0n) is 8.80. The smallest absolute Gasteiger partial charge is 0.194 e. The summed E-state index contributed by atoms with van der Waals surface area (Å²) >= 11 is 0. The topological polar surface area (TPSA) is 4.36 Å². The van der Waals surface area contributed by atoms with Gasteiger partial charge in [-0.1, -0.05) is 66.7 Å². The number of para-hydroxylation sites is 1. The summed E-state index contributed by atoms with van der Waals surface area (Å²) in [6, 6.07) is 17.7. The van der Waals surface area contributed by atoms with Crippen molar-refractivity contribution in [3.8, 4) is 0 Å². The van der Waals surface area contributed by atoms with Crippen LogP contribution in [-0.4, -0.2) is 0 Å². The van der Waals surface area contributed by atoms with E-state index in [1.54, 1.807) is 0 Å². The molecule has 0 atom stereocenters. The maximum atomic E-state index is 7.06. The lowest BCUT2D eigenvalue weighted by Gasteiger charge is -1.96. The minimum absolute atomic E-state index is 0.690. The van der Waals surface area contributed by atoms with Crippen LogP contribution < -0.4 is 0 Å². The third-order valence-electron chi connectivity index (χ3n) is 2.31. The van der Waals surface area contributed by atoms with E-state index in [-0.39, 0.29) is 0 Å². The second-order valence-corrected chi connectivity index (χ2v) is 3.41. The van der Waals surface area contributed by atoms with Gasteiger partial charge in [0.05, 0.1) is 6.57 Å². The number of rotatable bonds is 2. The van der Waals surface area contributed by atoms with Crippen molar-refractivity contribution in [3.63, 3.8) is 0 Å². The molecule has 1 heteroatoms. The molecule has 0 radical (unpaired) electrons. The minimum Gasteiger partial charge on any atom is -0.238 e. The molecule has 0 saturated carbocycles. The Labute approximate surface area is 95.5 Å². The van der Waals surface area contributed by atoms with Crippen LogP contribution in [0.15, 0.2) is 54.6 Å². The molecule has 2 rings (SSSR count). The molecule has 0 unspecified atom stereocenters. The number of benzene rings is 2. The van der Waals surface area contributed by atoms with Crippen LogP contribution in [0, 0.1) is 6.57 Å². The van der Waals surface area contributed by atoms with Gasteiger partial charge in [0.2, 0.25) is 0 Å². The van der Waals surface area contributed by atoms with Gasteiger partial charge in [-0.15, -0.1) is 0 Å². The average molecular weight is 205 g/mol. The fourth-order valence-corrected chi connectivity index (χ4v) is 1.48. The zero-order valence-corrected chi connectivity index (χ0v) is 8.80. The van der Waals surface area contributed by atoms with Crippen molar-refractivity contribution in [2.45, 2.75) is 0 Å². The van der Waals surface area contributed by atoms with Crippen molar-refractivity contribution in [3.05, 3.63) is 77.1 Å². The molecule has 0 aliphatic rings.